The first-order valence-corrected chi connectivity index (χ1v) is 12.9. The molecule has 0 atom stereocenters. The summed E-state index contributed by atoms with van der Waals surface area (Å²) in [7, 11) is 3.25. The molecule has 0 amide bonds. The van der Waals surface area contributed by atoms with E-state index in [-0.39, 0.29) is 19.8 Å². The van der Waals surface area contributed by atoms with E-state index in [1.54, 1.807) is 14.2 Å². The van der Waals surface area contributed by atoms with E-state index in [0.29, 0.717) is 6.42 Å². The molecule has 0 aliphatic heterocycles. The van der Waals surface area contributed by atoms with Gasteiger partial charge in [0, 0.05) is 14.2 Å². The summed E-state index contributed by atoms with van der Waals surface area (Å²) in [6.07, 6.45) is 9.96. The van der Waals surface area contributed by atoms with Crippen LogP contribution in [-0.2, 0) is 33.3 Å². The molecule has 34 heavy (non-hydrogen) atoms. The molecule has 0 aromatic heterocycles. The minimum atomic E-state index is -2.27. The Balaban J connectivity index is 0. The normalized spacial score (nSPS) is 10.8. The van der Waals surface area contributed by atoms with Gasteiger partial charge in [-0.2, -0.15) is 0 Å². The predicted octanol–water partition coefficient (Wildman–Crippen LogP) is 5.13. The van der Waals surface area contributed by atoms with Crippen LogP contribution in [-0.4, -0.2) is 62.7 Å². The van der Waals surface area contributed by atoms with Gasteiger partial charge in [0.25, 0.3) is 0 Å². The van der Waals surface area contributed by atoms with Crippen LogP contribution in [0, 0.1) is 0 Å². The van der Waals surface area contributed by atoms with Crippen LogP contribution in [0.2, 0.25) is 0 Å². The molecule has 8 nitrogen and oxygen atoms in total. The van der Waals surface area contributed by atoms with Gasteiger partial charge in [0.2, 0.25) is 0 Å². The van der Waals surface area contributed by atoms with Crippen molar-refractivity contribution in [2.24, 2.45) is 0 Å². The van der Waals surface area contributed by atoms with Gasteiger partial charge in [-0.1, -0.05) is 78.6 Å². The second-order valence-electron chi connectivity index (χ2n) is 8.55. The quantitative estimate of drug-likeness (QED) is 0.142. The average Bonchev–Trinajstić information content (AvgIpc) is 2.79. The van der Waals surface area contributed by atoms with E-state index < -0.39 is 36.4 Å². The molecule has 1 N–H and O–H groups in total. The van der Waals surface area contributed by atoms with Crippen molar-refractivity contribution >= 4 is 17.9 Å². The summed E-state index contributed by atoms with van der Waals surface area (Å²) in [4.78, 5) is 36.9. The highest BCUT2D eigenvalue weighted by Crippen LogP contribution is 2.20. The highest BCUT2D eigenvalue weighted by atomic mass is 16.6. The molecule has 0 rings (SSSR count). The van der Waals surface area contributed by atoms with Crippen LogP contribution >= 0.6 is 0 Å². The van der Waals surface area contributed by atoms with Crippen molar-refractivity contribution in [2.45, 2.75) is 116 Å². The molecule has 0 aromatic carbocycles. The van der Waals surface area contributed by atoms with Crippen LogP contribution < -0.4 is 0 Å². The van der Waals surface area contributed by atoms with Crippen molar-refractivity contribution < 1.29 is 38.4 Å². The molecule has 0 bridgehead atoms. The molecular weight excluding hydrogens is 440 g/mol. The van der Waals surface area contributed by atoms with E-state index in [4.69, 9.17) is 14.2 Å². The first kappa shape index (κ1) is 34.5. The molecule has 0 aliphatic carbocycles. The van der Waals surface area contributed by atoms with Crippen molar-refractivity contribution in [1.82, 2.24) is 0 Å². The molecule has 0 radical (unpaired) electrons. The Labute approximate surface area is 207 Å². The zero-order chi connectivity index (χ0) is 26.1. The second kappa shape index (κ2) is 24.5. The van der Waals surface area contributed by atoms with Crippen molar-refractivity contribution in [1.29, 1.82) is 0 Å². The molecular formula is C26H50O8. The van der Waals surface area contributed by atoms with Gasteiger partial charge in [0.05, 0.1) is 32.7 Å². The Morgan fingerprint density at radius 2 is 0.912 bits per heavy atom. The number of aliphatic hydroxyl groups is 1. The minimum Gasteiger partial charge on any atom is -0.466 e. The van der Waals surface area contributed by atoms with Crippen molar-refractivity contribution in [2.75, 3.05) is 34.0 Å². The number of hydrogen-bond acceptors (Lipinski definition) is 8. The Morgan fingerprint density at radius 3 is 1.24 bits per heavy atom. The fraction of sp³-hybridized carbons (Fsp3) is 0.885. The van der Waals surface area contributed by atoms with Crippen molar-refractivity contribution in [3.63, 3.8) is 0 Å². The third-order valence-corrected chi connectivity index (χ3v) is 5.01. The summed E-state index contributed by atoms with van der Waals surface area (Å²) in [5.74, 6) is -2.43. The van der Waals surface area contributed by atoms with Crippen LogP contribution in [0.5, 0.6) is 0 Å². The van der Waals surface area contributed by atoms with Crippen molar-refractivity contribution in [3.05, 3.63) is 0 Å². The molecule has 0 aromatic rings. The Hall–Kier alpha value is -1.67. The molecule has 0 unspecified atom stereocenters. The number of carbonyl (C=O) groups excluding carboxylic acids is 3. The van der Waals surface area contributed by atoms with E-state index in [1.165, 1.54) is 0 Å². The van der Waals surface area contributed by atoms with Gasteiger partial charge in [0.15, 0.2) is 5.60 Å². The van der Waals surface area contributed by atoms with Gasteiger partial charge >= 0.3 is 17.9 Å². The fourth-order valence-electron chi connectivity index (χ4n) is 3.04. The summed E-state index contributed by atoms with van der Waals surface area (Å²) < 4.78 is 19.7. The first-order valence-electron chi connectivity index (χ1n) is 12.9. The van der Waals surface area contributed by atoms with Crippen LogP contribution in [0.4, 0.5) is 0 Å². The monoisotopic (exact) mass is 490 g/mol. The zero-order valence-corrected chi connectivity index (χ0v) is 22.3. The van der Waals surface area contributed by atoms with Gasteiger partial charge < -0.3 is 24.1 Å². The van der Waals surface area contributed by atoms with Crippen LogP contribution in [0.3, 0.4) is 0 Å². The highest BCUT2D eigenvalue weighted by molar-refractivity contribution is 5.90. The Bertz CT molecular complexity index is 479. The average molecular weight is 491 g/mol. The minimum absolute atomic E-state index is 0.138. The summed E-state index contributed by atoms with van der Waals surface area (Å²) in [5.41, 5.74) is -2.27. The molecule has 8 heteroatoms. The highest BCUT2D eigenvalue weighted by Gasteiger charge is 2.43. The first-order chi connectivity index (χ1) is 16.3. The van der Waals surface area contributed by atoms with Crippen LogP contribution in [0.1, 0.15) is 111 Å². The van der Waals surface area contributed by atoms with E-state index in [9.17, 15) is 19.5 Å². The molecule has 0 saturated heterocycles. The summed E-state index contributed by atoms with van der Waals surface area (Å²) in [6, 6.07) is 0. The second-order valence-corrected chi connectivity index (χ2v) is 8.55. The maximum absolute atomic E-state index is 12.5. The summed E-state index contributed by atoms with van der Waals surface area (Å²) in [6.45, 7) is 6.84. The largest absolute Gasteiger partial charge is 0.466 e. The predicted molar refractivity (Wildman–Crippen MR) is 132 cm³/mol. The van der Waals surface area contributed by atoms with Crippen molar-refractivity contribution in [3.8, 4) is 0 Å². The molecule has 0 aliphatic rings. The molecule has 0 spiro atoms. The lowest BCUT2D eigenvalue weighted by atomic mass is 9.95. The van der Waals surface area contributed by atoms with Crippen LogP contribution in [0.15, 0.2) is 0 Å². The summed E-state index contributed by atoms with van der Waals surface area (Å²) in [5, 5.41) is 10.8. The number of esters is 3. The topological polar surface area (TPSA) is 108 Å². The lowest BCUT2D eigenvalue weighted by molar-refractivity contribution is -0.178. The van der Waals surface area contributed by atoms with E-state index in [1.807, 2.05) is 0 Å². The van der Waals surface area contributed by atoms with E-state index in [0.717, 1.165) is 70.6 Å². The van der Waals surface area contributed by atoms with E-state index >= 15 is 0 Å². The lowest BCUT2D eigenvalue weighted by Gasteiger charge is -2.24. The van der Waals surface area contributed by atoms with Crippen LogP contribution in [0.25, 0.3) is 0 Å². The van der Waals surface area contributed by atoms with Gasteiger partial charge in [-0.15, -0.1) is 0 Å². The number of unbranched alkanes of at least 4 members (excludes halogenated alkanes) is 9. The maximum atomic E-state index is 12.5. The molecule has 0 saturated carbocycles. The summed E-state index contributed by atoms with van der Waals surface area (Å²) >= 11 is 0. The third kappa shape index (κ3) is 20.9. The van der Waals surface area contributed by atoms with Gasteiger partial charge in [0.1, 0.15) is 0 Å². The third-order valence-electron chi connectivity index (χ3n) is 5.01. The van der Waals surface area contributed by atoms with E-state index in [2.05, 4.69) is 25.5 Å². The Morgan fingerprint density at radius 1 is 0.588 bits per heavy atom. The van der Waals surface area contributed by atoms with Gasteiger partial charge in [-0.05, 0) is 19.3 Å². The smallest absolute Gasteiger partial charge is 0.339 e. The zero-order valence-electron chi connectivity index (χ0n) is 22.3. The number of methoxy groups -OCH3 is 1. The number of ether oxygens (including phenoxy) is 4. The van der Waals surface area contributed by atoms with Gasteiger partial charge in [-0.25, -0.2) is 4.79 Å². The molecule has 0 heterocycles. The Kier molecular flexibility index (Phi) is 24.8. The number of rotatable bonds is 20. The lowest BCUT2D eigenvalue weighted by Crippen LogP contribution is -2.45. The maximum Gasteiger partial charge on any atom is 0.339 e. The fourth-order valence-corrected chi connectivity index (χ4v) is 3.04. The molecule has 202 valence electrons. The number of carbonyl (C=O) groups is 3. The standard InChI is InChI=1S/C24H44O7.C2H6O/c1-4-7-10-13-16-29-21(25)19-24(28,23(27)31-18-15-12-9-6-3)20-22(26)30-17-14-11-8-5-2;1-3-2/h28H,4-20H2,1-3H3;1-2H3. The van der Waals surface area contributed by atoms with Gasteiger partial charge in [-0.3, -0.25) is 9.59 Å². The molecule has 0 fully saturated rings. The number of hydrogen-bond donors (Lipinski definition) is 1. The SMILES string of the molecule is CCCCCCOC(=O)CC(O)(CC(=O)OCCCCCC)C(=O)OCCCCCC.COC.